The summed E-state index contributed by atoms with van der Waals surface area (Å²) in [5.41, 5.74) is 0. The average Bonchev–Trinajstić information content (AvgIpc) is 2.17. The van der Waals surface area contributed by atoms with E-state index in [1.807, 2.05) is 0 Å². The van der Waals surface area contributed by atoms with Crippen molar-refractivity contribution in [3.05, 3.63) is 0 Å². The highest BCUT2D eigenvalue weighted by Gasteiger charge is 2.20. The second-order valence-electron chi connectivity index (χ2n) is 4.39. The smallest absolute Gasteiger partial charge is 0.278 e. The Labute approximate surface area is 92.4 Å². The van der Waals surface area contributed by atoms with Gasteiger partial charge in [-0.25, -0.2) is 4.72 Å². The molecule has 15 heavy (non-hydrogen) atoms. The zero-order valence-electron chi connectivity index (χ0n) is 9.66. The van der Waals surface area contributed by atoms with Gasteiger partial charge in [-0.15, -0.1) is 0 Å². The van der Waals surface area contributed by atoms with E-state index < -0.39 is 10.2 Å². The van der Waals surface area contributed by atoms with Crippen LogP contribution in [0.5, 0.6) is 0 Å². The van der Waals surface area contributed by atoms with Gasteiger partial charge in [0.05, 0.1) is 0 Å². The number of nitrogens with zero attached hydrogens (tertiary/aromatic N) is 1. The Morgan fingerprint density at radius 2 is 2.07 bits per heavy atom. The highest BCUT2D eigenvalue weighted by atomic mass is 32.2. The summed E-state index contributed by atoms with van der Waals surface area (Å²) in [6.45, 7) is 3.58. The highest BCUT2D eigenvalue weighted by Crippen LogP contribution is 2.13. The molecular formula is C9H21N3O2S. The van der Waals surface area contributed by atoms with Crippen molar-refractivity contribution in [2.24, 2.45) is 5.92 Å². The van der Waals surface area contributed by atoms with Crippen LogP contribution in [0.3, 0.4) is 0 Å². The van der Waals surface area contributed by atoms with Crippen LogP contribution in [-0.4, -0.2) is 45.9 Å². The molecule has 0 aliphatic carbocycles. The van der Waals surface area contributed by atoms with E-state index in [4.69, 9.17) is 0 Å². The molecule has 1 rings (SSSR count). The maximum absolute atomic E-state index is 11.4. The topological polar surface area (TPSA) is 61.4 Å². The molecule has 0 aromatic rings. The second-order valence-corrected chi connectivity index (χ2v) is 6.36. The van der Waals surface area contributed by atoms with E-state index in [1.54, 1.807) is 0 Å². The number of nitrogens with one attached hydrogen (secondary N) is 2. The summed E-state index contributed by atoms with van der Waals surface area (Å²) in [5.74, 6) is 0.413. The number of hydrogen-bond acceptors (Lipinski definition) is 3. The van der Waals surface area contributed by atoms with E-state index in [0.29, 0.717) is 18.5 Å². The van der Waals surface area contributed by atoms with Crippen molar-refractivity contribution in [2.45, 2.75) is 25.8 Å². The number of hydrogen-bond donors (Lipinski definition) is 2. The normalized spacial score (nSPS) is 28.3. The average molecular weight is 235 g/mol. The lowest BCUT2D eigenvalue weighted by Gasteiger charge is -2.28. The number of rotatable bonds is 4. The van der Waals surface area contributed by atoms with Crippen molar-refractivity contribution in [1.82, 2.24) is 14.3 Å². The van der Waals surface area contributed by atoms with Crippen LogP contribution in [0.1, 0.15) is 19.8 Å². The Kier molecular flexibility index (Phi) is 4.51. The molecule has 6 heteroatoms. The molecule has 0 saturated carbocycles. The summed E-state index contributed by atoms with van der Waals surface area (Å²) in [7, 11) is -0.193. The molecular weight excluding hydrogens is 214 g/mol. The minimum absolute atomic E-state index is 0.413. The Hall–Kier alpha value is -0.170. The fourth-order valence-corrected chi connectivity index (χ4v) is 2.29. The van der Waals surface area contributed by atoms with Crippen molar-refractivity contribution in [2.75, 3.05) is 27.2 Å². The molecule has 1 heterocycles. The molecule has 90 valence electrons. The molecule has 2 unspecified atom stereocenters. The van der Waals surface area contributed by atoms with E-state index in [0.717, 1.165) is 19.4 Å². The van der Waals surface area contributed by atoms with Crippen molar-refractivity contribution in [3.8, 4) is 0 Å². The summed E-state index contributed by atoms with van der Waals surface area (Å²) < 4.78 is 26.7. The summed E-state index contributed by atoms with van der Waals surface area (Å²) in [4.78, 5) is 0. The predicted octanol–water partition coefficient (Wildman–Crippen LogP) is -0.229. The van der Waals surface area contributed by atoms with Crippen LogP contribution < -0.4 is 10.0 Å². The SMILES string of the molecule is CC1CCC(CNS(=O)(=O)N(C)C)CN1. The number of piperidine rings is 1. The standard InChI is InChI=1S/C9H21N3O2S/c1-8-4-5-9(6-10-8)7-11-15(13,14)12(2)3/h8-11H,4-7H2,1-3H3. The van der Waals surface area contributed by atoms with Gasteiger partial charge in [0.25, 0.3) is 10.2 Å². The Bertz CT molecular complexity index is 282. The van der Waals surface area contributed by atoms with Gasteiger partial charge in [-0.2, -0.15) is 12.7 Å². The highest BCUT2D eigenvalue weighted by molar-refractivity contribution is 7.87. The van der Waals surface area contributed by atoms with Crippen LogP contribution in [0.15, 0.2) is 0 Å². The fourth-order valence-electron chi connectivity index (χ4n) is 1.58. The molecule has 2 N–H and O–H groups in total. The fraction of sp³-hybridized carbons (Fsp3) is 1.00. The first-order valence-electron chi connectivity index (χ1n) is 5.32. The molecule has 2 atom stereocenters. The van der Waals surface area contributed by atoms with Crippen molar-refractivity contribution < 1.29 is 8.42 Å². The Balaban J connectivity index is 2.32. The van der Waals surface area contributed by atoms with Gasteiger partial charge >= 0.3 is 0 Å². The van der Waals surface area contributed by atoms with Crippen LogP contribution in [0.2, 0.25) is 0 Å². The molecule has 1 saturated heterocycles. The van der Waals surface area contributed by atoms with Gasteiger partial charge in [0.1, 0.15) is 0 Å². The third-order valence-corrected chi connectivity index (χ3v) is 4.29. The van der Waals surface area contributed by atoms with Crippen molar-refractivity contribution in [3.63, 3.8) is 0 Å². The van der Waals surface area contributed by atoms with Crippen molar-refractivity contribution in [1.29, 1.82) is 0 Å². The maximum atomic E-state index is 11.4. The quantitative estimate of drug-likeness (QED) is 0.707. The molecule has 1 fully saturated rings. The van der Waals surface area contributed by atoms with Gasteiger partial charge in [0.15, 0.2) is 0 Å². The minimum Gasteiger partial charge on any atom is -0.314 e. The largest absolute Gasteiger partial charge is 0.314 e. The molecule has 1 aliphatic heterocycles. The maximum Gasteiger partial charge on any atom is 0.278 e. The monoisotopic (exact) mass is 235 g/mol. The van der Waals surface area contributed by atoms with Crippen LogP contribution in [0, 0.1) is 5.92 Å². The van der Waals surface area contributed by atoms with Crippen molar-refractivity contribution >= 4 is 10.2 Å². The lowest BCUT2D eigenvalue weighted by Crippen LogP contribution is -2.44. The van der Waals surface area contributed by atoms with Crippen LogP contribution in [0.4, 0.5) is 0 Å². The Morgan fingerprint density at radius 3 is 2.53 bits per heavy atom. The molecule has 0 aromatic heterocycles. The van der Waals surface area contributed by atoms with E-state index in [9.17, 15) is 8.42 Å². The van der Waals surface area contributed by atoms with Gasteiger partial charge in [-0.3, -0.25) is 0 Å². The van der Waals surface area contributed by atoms with Crippen LogP contribution in [0.25, 0.3) is 0 Å². The molecule has 0 spiro atoms. The van der Waals surface area contributed by atoms with Gasteiger partial charge in [0, 0.05) is 26.7 Å². The third kappa shape index (κ3) is 4.06. The third-order valence-electron chi connectivity index (χ3n) is 2.80. The minimum atomic E-state index is -3.26. The first-order chi connectivity index (χ1) is 6.92. The molecule has 5 nitrogen and oxygen atoms in total. The van der Waals surface area contributed by atoms with E-state index >= 15 is 0 Å². The lowest BCUT2D eigenvalue weighted by atomic mass is 9.96. The van der Waals surface area contributed by atoms with Gasteiger partial charge in [-0.05, 0) is 32.2 Å². The first-order valence-corrected chi connectivity index (χ1v) is 6.76. The molecule has 0 bridgehead atoms. The summed E-state index contributed by atoms with van der Waals surface area (Å²) in [6, 6.07) is 0.562. The lowest BCUT2D eigenvalue weighted by molar-refractivity contribution is 0.322. The summed E-state index contributed by atoms with van der Waals surface area (Å²) >= 11 is 0. The van der Waals surface area contributed by atoms with Gasteiger partial charge in [-0.1, -0.05) is 0 Å². The molecule has 0 aromatic carbocycles. The van der Waals surface area contributed by atoms with Gasteiger partial charge in [0.2, 0.25) is 0 Å². The molecule has 0 amide bonds. The Morgan fingerprint density at radius 1 is 1.40 bits per heavy atom. The first kappa shape index (κ1) is 12.9. The second kappa shape index (κ2) is 5.25. The van der Waals surface area contributed by atoms with E-state index in [-0.39, 0.29) is 0 Å². The molecule has 1 aliphatic rings. The zero-order chi connectivity index (χ0) is 11.5. The predicted molar refractivity (Wildman–Crippen MR) is 60.8 cm³/mol. The van der Waals surface area contributed by atoms with E-state index in [1.165, 1.54) is 18.4 Å². The van der Waals surface area contributed by atoms with Gasteiger partial charge < -0.3 is 5.32 Å². The van der Waals surface area contributed by atoms with Crippen LogP contribution >= 0.6 is 0 Å². The summed E-state index contributed by atoms with van der Waals surface area (Å²) in [5, 5.41) is 3.35. The zero-order valence-corrected chi connectivity index (χ0v) is 10.5. The summed E-state index contributed by atoms with van der Waals surface area (Å²) in [6.07, 6.45) is 2.21. The van der Waals surface area contributed by atoms with E-state index in [2.05, 4.69) is 17.0 Å². The molecule has 0 radical (unpaired) electrons. The van der Waals surface area contributed by atoms with Crippen LogP contribution in [-0.2, 0) is 10.2 Å².